The van der Waals surface area contributed by atoms with Crippen LogP contribution in [0.4, 0.5) is 0 Å². The van der Waals surface area contributed by atoms with E-state index in [0.29, 0.717) is 10.2 Å². The summed E-state index contributed by atoms with van der Waals surface area (Å²) in [5, 5.41) is 0.855. The summed E-state index contributed by atoms with van der Waals surface area (Å²) < 4.78 is 1.41. The summed E-state index contributed by atoms with van der Waals surface area (Å²) in [6, 6.07) is 1.78. The van der Waals surface area contributed by atoms with Crippen LogP contribution in [0, 0.1) is 0 Å². The van der Waals surface area contributed by atoms with Gasteiger partial charge in [-0.05, 0) is 6.07 Å². The second-order valence-corrected chi connectivity index (χ2v) is 4.14. The molecule has 17 heavy (non-hydrogen) atoms. The molecule has 0 aliphatic carbocycles. The van der Waals surface area contributed by atoms with Crippen LogP contribution in [0.1, 0.15) is 0 Å². The van der Waals surface area contributed by atoms with Crippen molar-refractivity contribution in [3.63, 3.8) is 0 Å². The van der Waals surface area contributed by atoms with Crippen molar-refractivity contribution in [1.29, 1.82) is 0 Å². The minimum absolute atomic E-state index is 0. The average Bonchev–Trinajstić information content (AvgIpc) is 2.57. The van der Waals surface area contributed by atoms with E-state index in [-0.39, 0.29) is 30.4 Å². The van der Waals surface area contributed by atoms with Crippen LogP contribution in [-0.2, 0) is 0 Å². The lowest BCUT2D eigenvalue weighted by Gasteiger charge is -1.88. The molecule has 0 saturated carbocycles. The van der Waals surface area contributed by atoms with Gasteiger partial charge in [0, 0.05) is 17.8 Å². The van der Waals surface area contributed by atoms with Crippen molar-refractivity contribution in [2.75, 3.05) is 0 Å². The average molecular weight is 292 g/mol. The molecule has 8 heteroatoms. The zero-order chi connectivity index (χ0) is 10.4. The Bertz CT molecular complexity index is 777. The van der Waals surface area contributed by atoms with Gasteiger partial charge in [-0.1, -0.05) is 0 Å². The lowest BCUT2D eigenvalue weighted by atomic mass is 10.3. The summed E-state index contributed by atoms with van der Waals surface area (Å²) in [5.41, 5.74) is -0.245. The molecule has 2 N–H and O–H groups in total. The Balaban J connectivity index is 0.000000722. The first-order chi connectivity index (χ1) is 7.25. The third kappa shape index (κ3) is 2.06. The molecule has 3 heterocycles. The van der Waals surface area contributed by atoms with Crippen LogP contribution in [0.3, 0.4) is 0 Å². The number of pyridine rings is 1. The van der Waals surface area contributed by atoms with Crippen molar-refractivity contribution in [3.8, 4) is 0 Å². The molecule has 0 unspecified atom stereocenters. The lowest BCUT2D eigenvalue weighted by molar-refractivity contribution is 1.09. The smallest absolute Gasteiger partial charge is 0.305 e. The molecule has 0 atom stereocenters. The molecule has 0 amide bonds. The fourth-order valence-electron chi connectivity index (χ4n) is 1.54. The fourth-order valence-corrected chi connectivity index (χ4v) is 2.56. The van der Waals surface area contributed by atoms with Gasteiger partial charge in [0.25, 0.3) is 5.56 Å². The minimum atomic E-state index is -0.482. The molecule has 3 rings (SSSR count). The topological polar surface area (TPSA) is 78.6 Å². The maximum Gasteiger partial charge on any atom is 0.326 e. The van der Waals surface area contributed by atoms with Crippen LogP contribution >= 0.6 is 36.2 Å². The van der Waals surface area contributed by atoms with E-state index in [2.05, 4.69) is 15.0 Å². The quantitative estimate of drug-likeness (QED) is 0.661. The lowest BCUT2D eigenvalue weighted by Crippen LogP contribution is -2.20. The summed E-state index contributed by atoms with van der Waals surface area (Å²) >= 11 is 1.32. The van der Waals surface area contributed by atoms with E-state index >= 15 is 0 Å². The van der Waals surface area contributed by atoms with Crippen molar-refractivity contribution >= 4 is 56.5 Å². The number of fused-ring (bicyclic) bond motifs is 3. The molecule has 0 fully saturated rings. The van der Waals surface area contributed by atoms with E-state index in [1.165, 1.54) is 11.3 Å². The Morgan fingerprint density at radius 3 is 2.71 bits per heavy atom. The maximum atomic E-state index is 11.5. The Kier molecular flexibility index (Phi) is 3.92. The number of hydrogen-bond donors (Lipinski definition) is 2. The Morgan fingerprint density at radius 2 is 1.94 bits per heavy atom. The van der Waals surface area contributed by atoms with Gasteiger partial charge in [0.15, 0.2) is 0 Å². The highest BCUT2D eigenvalue weighted by Gasteiger charge is 2.08. The van der Waals surface area contributed by atoms with Crippen molar-refractivity contribution in [3.05, 3.63) is 39.3 Å². The van der Waals surface area contributed by atoms with E-state index in [1.54, 1.807) is 18.5 Å². The molecule has 0 spiro atoms. The predicted molar refractivity (Wildman–Crippen MR) is 72.9 cm³/mol. The van der Waals surface area contributed by atoms with E-state index in [1.807, 2.05) is 0 Å². The van der Waals surface area contributed by atoms with Gasteiger partial charge in [-0.3, -0.25) is 14.8 Å². The normalized spacial score (nSPS) is 9.88. The van der Waals surface area contributed by atoms with Crippen LogP contribution in [0.2, 0.25) is 0 Å². The summed E-state index contributed by atoms with van der Waals surface area (Å²) in [7, 11) is 0. The molecule has 0 aliphatic rings. The van der Waals surface area contributed by atoms with E-state index in [9.17, 15) is 9.59 Å². The number of H-pyrrole nitrogens is 2. The number of hydrogen-bond acceptors (Lipinski definition) is 4. The van der Waals surface area contributed by atoms with E-state index in [0.717, 1.165) is 10.1 Å². The highest BCUT2D eigenvalue weighted by molar-refractivity contribution is 7.25. The van der Waals surface area contributed by atoms with Crippen molar-refractivity contribution in [1.82, 2.24) is 15.0 Å². The van der Waals surface area contributed by atoms with Crippen molar-refractivity contribution in [2.24, 2.45) is 0 Å². The third-order valence-corrected chi connectivity index (χ3v) is 3.30. The molecule has 3 aromatic rings. The van der Waals surface area contributed by atoms with Gasteiger partial charge in [-0.25, -0.2) is 4.79 Å². The Labute approximate surface area is 111 Å². The second-order valence-electron chi connectivity index (χ2n) is 3.09. The molecule has 5 nitrogen and oxygen atoms in total. The zero-order valence-electron chi connectivity index (χ0n) is 8.22. The number of thiophene rings is 1. The summed E-state index contributed by atoms with van der Waals surface area (Å²) in [6.45, 7) is 0. The largest absolute Gasteiger partial charge is 0.326 e. The first-order valence-electron chi connectivity index (χ1n) is 4.24. The van der Waals surface area contributed by atoms with Gasteiger partial charge in [-0.2, -0.15) is 0 Å². The molecular weight excluding hydrogens is 285 g/mol. The van der Waals surface area contributed by atoms with Gasteiger partial charge in [0.05, 0.1) is 10.2 Å². The molecule has 0 saturated heterocycles. The van der Waals surface area contributed by atoms with E-state index in [4.69, 9.17) is 0 Å². The van der Waals surface area contributed by atoms with Crippen LogP contribution < -0.4 is 11.2 Å². The Morgan fingerprint density at radius 1 is 1.18 bits per heavy atom. The second kappa shape index (κ2) is 4.87. The van der Waals surface area contributed by atoms with Gasteiger partial charge in [-0.15, -0.1) is 36.2 Å². The summed E-state index contributed by atoms with van der Waals surface area (Å²) in [6.07, 6.45) is 3.31. The van der Waals surface area contributed by atoms with Crippen molar-refractivity contribution < 1.29 is 0 Å². The molecule has 0 radical (unpaired) electrons. The number of halogens is 2. The maximum absolute atomic E-state index is 11.5. The highest BCUT2D eigenvalue weighted by atomic mass is 35.5. The minimum Gasteiger partial charge on any atom is -0.305 e. The molecule has 0 aliphatic heterocycles. The van der Waals surface area contributed by atoms with Gasteiger partial charge >= 0.3 is 5.69 Å². The predicted octanol–water partition coefficient (Wildman–Crippen LogP) is 1.67. The van der Waals surface area contributed by atoms with Crippen LogP contribution in [0.5, 0.6) is 0 Å². The number of rotatable bonds is 0. The van der Waals surface area contributed by atoms with Crippen LogP contribution in [0.25, 0.3) is 20.3 Å². The first kappa shape index (κ1) is 13.7. The molecule has 3 aromatic heterocycles. The number of nitrogens with zero attached hydrogens (tertiary/aromatic N) is 1. The molecule has 0 aromatic carbocycles. The van der Waals surface area contributed by atoms with Gasteiger partial charge in [0.1, 0.15) is 4.70 Å². The third-order valence-electron chi connectivity index (χ3n) is 2.16. The van der Waals surface area contributed by atoms with Crippen LogP contribution in [-0.4, -0.2) is 15.0 Å². The van der Waals surface area contributed by atoms with Gasteiger partial charge < -0.3 is 4.98 Å². The summed E-state index contributed by atoms with van der Waals surface area (Å²) in [5.74, 6) is 0. The first-order valence-corrected chi connectivity index (χ1v) is 5.06. The molecule has 90 valence electrons. The van der Waals surface area contributed by atoms with Gasteiger partial charge in [0.2, 0.25) is 0 Å². The number of aromatic amines is 2. The Hall–Kier alpha value is -1.37. The van der Waals surface area contributed by atoms with Crippen molar-refractivity contribution in [2.45, 2.75) is 0 Å². The monoisotopic (exact) mass is 291 g/mol. The van der Waals surface area contributed by atoms with Crippen LogP contribution in [0.15, 0.2) is 28.0 Å². The molecule has 0 bridgehead atoms. The fraction of sp³-hybridized carbons (Fsp3) is 0. The zero-order valence-corrected chi connectivity index (χ0v) is 10.7. The number of nitrogens with one attached hydrogen (secondary N) is 2. The SMILES string of the molecule is Cl.Cl.O=c1[nH]c(=O)c2sc3cnccc3c2[nH]1. The van der Waals surface area contributed by atoms with E-state index < -0.39 is 5.69 Å². The summed E-state index contributed by atoms with van der Waals surface area (Å²) in [4.78, 5) is 31.4. The number of aromatic nitrogens is 3. The standard InChI is InChI=1S/C9H5N3O2S.2ClH/c13-8-7-6(11-9(14)12-8)4-1-2-10-3-5(4)15-7;;/h1-3H,(H2,11,12,13,14);2*1H. The highest BCUT2D eigenvalue weighted by Crippen LogP contribution is 2.28. The molecular formula is C9H7Cl2N3O2S.